The summed E-state index contributed by atoms with van der Waals surface area (Å²) in [7, 11) is 0. The van der Waals surface area contributed by atoms with Gasteiger partial charge in [0.2, 0.25) is 0 Å². The van der Waals surface area contributed by atoms with Crippen LogP contribution in [0, 0.1) is 0 Å². The molecule has 0 fully saturated rings. The summed E-state index contributed by atoms with van der Waals surface area (Å²) in [6.45, 7) is 2.65. The molecule has 4 heteroatoms. The van der Waals surface area contributed by atoms with Gasteiger partial charge in [-0.05, 0) is 29.7 Å². The third-order valence-electron chi connectivity index (χ3n) is 3.28. The predicted octanol–water partition coefficient (Wildman–Crippen LogP) is 4.42. The first-order valence-electron chi connectivity index (χ1n) is 6.54. The molecule has 0 saturated heterocycles. The Balaban J connectivity index is 2.08. The van der Waals surface area contributed by atoms with Crippen LogP contribution in [-0.4, -0.2) is 6.54 Å². The predicted molar refractivity (Wildman–Crippen MR) is 79.2 cm³/mol. The van der Waals surface area contributed by atoms with Crippen molar-refractivity contribution in [2.75, 3.05) is 17.6 Å². The summed E-state index contributed by atoms with van der Waals surface area (Å²) >= 11 is 0. The number of alkyl halides is 2. The van der Waals surface area contributed by atoms with Gasteiger partial charge in [0.1, 0.15) is 0 Å². The Morgan fingerprint density at radius 1 is 1.10 bits per heavy atom. The lowest BCUT2D eigenvalue weighted by molar-refractivity contribution is 0.152. The van der Waals surface area contributed by atoms with Crippen LogP contribution in [0.25, 0.3) is 0 Å². The van der Waals surface area contributed by atoms with Gasteiger partial charge >= 0.3 is 0 Å². The minimum absolute atomic E-state index is 0.0507. The summed E-state index contributed by atoms with van der Waals surface area (Å²) in [6, 6.07) is 14.5. The summed E-state index contributed by atoms with van der Waals surface area (Å²) in [5, 5.41) is 3.08. The molecule has 0 saturated carbocycles. The lowest BCUT2D eigenvalue weighted by atomic mass is 10.0. The average Bonchev–Trinajstić information content (AvgIpc) is 2.46. The quantitative estimate of drug-likeness (QED) is 0.793. The fourth-order valence-electron chi connectivity index (χ4n) is 2.09. The molecule has 2 nitrogen and oxygen atoms in total. The number of rotatable bonds is 5. The molecule has 0 aliphatic heterocycles. The summed E-state index contributed by atoms with van der Waals surface area (Å²) in [5.74, 6) is 0.235. The van der Waals surface area contributed by atoms with Gasteiger partial charge in [0, 0.05) is 23.5 Å². The zero-order chi connectivity index (χ0) is 14.5. The van der Waals surface area contributed by atoms with Gasteiger partial charge in [-0.3, -0.25) is 0 Å². The van der Waals surface area contributed by atoms with Gasteiger partial charge < -0.3 is 11.1 Å². The van der Waals surface area contributed by atoms with Crippen LogP contribution in [0.5, 0.6) is 0 Å². The fraction of sp³-hybridized carbons (Fsp3) is 0.250. The maximum absolute atomic E-state index is 13.0. The van der Waals surface area contributed by atoms with Gasteiger partial charge in [-0.2, -0.15) is 0 Å². The Morgan fingerprint density at radius 3 is 2.45 bits per heavy atom. The molecule has 0 aromatic heterocycles. The topological polar surface area (TPSA) is 38.0 Å². The van der Waals surface area contributed by atoms with Crippen molar-refractivity contribution >= 4 is 11.4 Å². The van der Waals surface area contributed by atoms with Crippen LogP contribution in [-0.2, 0) is 0 Å². The SMILES string of the molecule is CC(CNc1ccc(N)cc1C(F)F)c1ccccc1. The molecule has 2 aromatic rings. The lowest BCUT2D eigenvalue weighted by Gasteiger charge is -2.16. The van der Waals surface area contributed by atoms with Crippen LogP contribution in [0.15, 0.2) is 48.5 Å². The number of halogens is 2. The van der Waals surface area contributed by atoms with Crippen molar-refractivity contribution in [3.05, 3.63) is 59.7 Å². The highest BCUT2D eigenvalue weighted by Crippen LogP contribution is 2.29. The number of nitrogen functional groups attached to an aromatic ring is 1. The number of nitrogens with two attached hydrogens (primary N) is 1. The van der Waals surface area contributed by atoms with Gasteiger partial charge in [-0.25, -0.2) is 8.78 Å². The van der Waals surface area contributed by atoms with E-state index < -0.39 is 6.43 Å². The summed E-state index contributed by atoms with van der Waals surface area (Å²) in [4.78, 5) is 0. The van der Waals surface area contributed by atoms with Gasteiger partial charge in [-0.1, -0.05) is 37.3 Å². The number of nitrogens with one attached hydrogen (secondary N) is 1. The third-order valence-corrected chi connectivity index (χ3v) is 3.28. The zero-order valence-electron chi connectivity index (χ0n) is 11.3. The van der Waals surface area contributed by atoms with Gasteiger partial charge in [-0.15, -0.1) is 0 Å². The maximum atomic E-state index is 13.0. The summed E-state index contributed by atoms with van der Waals surface area (Å²) < 4.78 is 25.9. The monoisotopic (exact) mass is 276 g/mol. The maximum Gasteiger partial charge on any atom is 0.265 e. The molecular weight excluding hydrogens is 258 g/mol. The Bertz CT molecular complexity index is 556. The molecule has 0 heterocycles. The van der Waals surface area contributed by atoms with Crippen LogP contribution in [0.1, 0.15) is 30.4 Å². The second kappa shape index (κ2) is 6.37. The molecule has 1 unspecified atom stereocenters. The van der Waals surface area contributed by atoms with Crippen LogP contribution in [0.2, 0.25) is 0 Å². The van der Waals surface area contributed by atoms with E-state index in [4.69, 9.17) is 5.73 Å². The van der Waals surface area contributed by atoms with Crippen molar-refractivity contribution in [2.24, 2.45) is 0 Å². The van der Waals surface area contributed by atoms with E-state index in [-0.39, 0.29) is 11.5 Å². The second-order valence-electron chi connectivity index (χ2n) is 4.84. The van der Waals surface area contributed by atoms with E-state index in [9.17, 15) is 8.78 Å². The van der Waals surface area contributed by atoms with Gasteiger partial charge in [0.25, 0.3) is 6.43 Å². The van der Waals surface area contributed by atoms with E-state index in [1.807, 2.05) is 30.3 Å². The van der Waals surface area contributed by atoms with Crippen molar-refractivity contribution in [2.45, 2.75) is 19.3 Å². The Labute approximate surface area is 117 Å². The summed E-state index contributed by atoms with van der Waals surface area (Å²) in [6.07, 6.45) is -2.53. The molecule has 0 bridgehead atoms. The summed E-state index contributed by atoms with van der Waals surface area (Å²) in [5.41, 5.74) is 7.47. The molecule has 0 aliphatic rings. The molecule has 1 atom stereocenters. The molecule has 2 rings (SSSR count). The molecule has 0 radical (unpaired) electrons. The van der Waals surface area contributed by atoms with Crippen LogP contribution < -0.4 is 11.1 Å². The highest BCUT2D eigenvalue weighted by atomic mass is 19.3. The highest BCUT2D eigenvalue weighted by Gasteiger charge is 2.14. The van der Waals surface area contributed by atoms with Crippen LogP contribution in [0.3, 0.4) is 0 Å². The first-order chi connectivity index (χ1) is 9.58. The number of hydrogen-bond donors (Lipinski definition) is 2. The van der Waals surface area contributed by atoms with Crippen molar-refractivity contribution in [1.29, 1.82) is 0 Å². The van der Waals surface area contributed by atoms with E-state index in [0.29, 0.717) is 17.9 Å². The molecule has 20 heavy (non-hydrogen) atoms. The normalized spacial score (nSPS) is 12.4. The molecular formula is C16H18F2N2. The number of hydrogen-bond acceptors (Lipinski definition) is 2. The molecule has 3 N–H and O–H groups in total. The first-order valence-corrected chi connectivity index (χ1v) is 6.54. The Kier molecular flexibility index (Phi) is 4.56. The van der Waals surface area contributed by atoms with Crippen LogP contribution in [0.4, 0.5) is 20.2 Å². The minimum atomic E-state index is -2.53. The van der Waals surface area contributed by atoms with E-state index in [1.54, 1.807) is 12.1 Å². The zero-order valence-corrected chi connectivity index (χ0v) is 11.3. The second-order valence-corrected chi connectivity index (χ2v) is 4.84. The van der Waals surface area contributed by atoms with Gasteiger partial charge in [0.05, 0.1) is 0 Å². The van der Waals surface area contributed by atoms with Crippen molar-refractivity contribution < 1.29 is 8.78 Å². The Hall–Kier alpha value is -2.10. The smallest absolute Gasteiger partial charge is 0.265 e. The van der Waals surface area contributed by atoms with Crippen molar-refractivity contribution in [1.82, 2.24) is 0 Å². The molecule has 2 aromatic carbocycles. The number of anilines is 2. The van der Waals surface area contributed by atoms with Crippen LogP contribution >= 0.6 is 0 Å². The molecule has 0 aliphatic carbocycles. The van der Waals surface area contributed by atoms with Crippen molar-refractivity contribution in [3.8, 4) is 0 Å². The van der Waals surface area contributed by atoms with Crippen molar-refractivity contribution in [3.63, 3.8) is 0 Å². The van der Waals surface area contributed by atoms with E-state index >= 15 is 0 Å². The Morgan fingerprint density at radius 2 is 1.80 bits per heavy atom. The molecule has 0 spiro atoms. The van der Waals surface area contributed by atoms with E-state index in [2.05, 4.69) is 12.2 Å². The van der Waals surface area contributed by atoms with E-state index in [1.165, 1.54) is 11.6 Å². The van der Waals surface area contributed by atoms with Gasteiger partial charge in [0.15, 0.2) is 0 Å². The number of benzene rings is 2. The van der Waals surface area contributed by atoms with E-state index in [0.717, 1.165) is 0 Å². The lowest BCUT2D eigenvalue weighted by Crippen LogP contribution is -2.11. The first kappa shape index (κ1) is 14.3. The minimum Gasteiger partial charge on any atom is -0.399 e. The third kappa shape index (κ3) is 3.47. The standard InChI is InChI=1S/C16H18F2N2/c1-11(12-5-3-2-4-6-12)10-20-15-8-7-13(19)9-14(15)16(17)18/h2-9,11,16,20H,10,19H2,1H3. The average molecular weight is 276 g/mol. The molecule has 0 amide bonds. The highest BCUT2D eigenvalue weighted by molar-refractivity contribution is 5.58. The molecule has 106 valence electrons. The fourth-order valence-corrected chi connectivity index (χ4v) is 2.09. The largest absolute Gasteiger partial charge is 0.399 e.